The van der Waals surface area contributed by atoms with Crippen molar-refractivity contribution in [2.45, 2.75) is 32.4 Å². The van der Waals surface area contributed by atoms with Gasteiger partial charge in [-0.2, -0.15) is 5.10 Å². The summed E-state index contributed by atoms with van der Waals surface area (Å²) < 4.78 is 12.3. The Morgan fingerprint density at radius 3 is 2.71 bits per heavy atom. The molecule has 0 saturated carbocycles. The summed E-state index contributed by atoms with van der Waals surface area (Å²) in [6, 6.07) is 8.20. The van der Waals surface area contributed by atoms with Gasteiger partial charge in [-0.05, 0) is 25.0 Å². The number of aryl methyl sites for hydroxylation is 1. The van der Waals surface area contributed by atoms with Crippen LogP contribution >= 0.6 is 11.6 Å². The zero-order valence-corrected chi connectivity index (χ0v) is 20.0. The number of anilines is 1. The topological polar surface area (TPSA) is 98.6 Å². The van der Waals surface area contributed by atoms with E-state index in [0.29, 0.717) is 53.0 Å². The summed E-state index contributed by atoms with van der Waals surface area (Å²) in [6.07, 6.45) is 4.51. The maximum atomic E-state index is 13.4. The maximum Gasteiger partial charge on any atom is 0.260 e. The van der Waals surface area contributed by atoms with Gasteiger partial charge in [-0.25, -0.2) is 4.98 Å². The first-order valence-electron chi connectivity index (χ1n) is 11.0. The van der Waals surface area contributed by atoms with Gasteiger partial charge in [-0.15, -0.1) is 0 Å². The molecule has 34 heavy (non-hydrogen) atoms. The SMILES string of the molecule is CCCn1ncc2c1C(NC(=O)c1ccccc1Cl)CCN2C(=O)c1cnc(OC)c(OC)c1. The van der Waals surface area contributed by atoms with Crippen LogP contribution in [-0.2, 0) is 6.54 Å². The quantitative estimate of drug-likeness (QED) is 0.547. The molecule has 0 saturated heterocycles. The van der Waals surface area contributed by atoms with Gasteiger partial charge in [0, 0.05) is 25.4 Å². The Morgan fingerprint density at radius 2 is 2.00 bits per heavy atom. The molecule has 1 atom stereocenters. The van der Waals surface area contributed by atoms with Crippen molar-refractivity contribution in [3.63, 3.8) is 0 Å². The molecular weight excluding hydrogens is 458 g/mol. The minimum absolute atomic E-state index is 0.235. The number of ether oxygens (including phenoxy) is 2. The molecular formula is C24H26ClN5O4. The molecule has 0 radical (unpaired) electrons. The van der Waals surface area contributed by atoms with Crippen molar-refractivity contribution in [1.29, 1.82) is 0 Å². The van der Waals surface area contributed by atoms with Crippen LogP contribution in [0.3, 0.4) is 0 Å². The molecule has 9 nitrogen and oxygen atoms in total. The highest BCUT2D eigenvalue weighted by Crippen LogP contribution is 2.36. The number of hydrogen-bond donors (Lipinski definition) is 1. The number of hydrogen-bond acceptors (Lipinski definition) is 6. The number of rotatable bonds is 7. The van der Waals surface area contributed by atoms with Crippen LogP contribution in [-0.4, -0.2) is 47.3 Å². The molecule has 0 aliphatic carbocycles. The van der Waals surface area contributed by atoms with Crippen molar-refractivity contribution in [3.8, 4) is 11.6 Å². The van der Waals surface area contributed by atoms with Gasteiger partial charge in [-0.3, -0.25) is 14.3 Å². The van der Waals surface area contributed by atoms with E-state index in [2.05, 4.69) is 15.4 Å². The second-order valence-electron chi connectivity index (χ2n) is 7.83. The number of amides is 2. The summed E-state index contributed by atoms with van der Waals surface area (Å²) >= 11 is 6.22. The van der Waals surface area contributed by atoms with Crippen LogP contribution in [0.25, 0.3) is 0 Å². The second-order valence-corrected chi connectivity index (χ2v) is 8.23. The summed E-state index contributed by atoms with van der Waals surface area (Å²) in [6.45, 7) is 3.10. The van der Waals surface area contributed by atoms with E-state index in [9.17, 15) is 9.59 Å². The van der Waals surface area contributed by atoms with E-state index >= 15 is 0 Å². The lowest BCUT2D eigenvalue weighted by molar-refractivity contribution is 0.0931. The van der Waals surface area contributed by atoms with Gasteiger partial charge in [0.25, 0.3) is 17.7 Å². The number of pyridine rings is 1. The molecule has 0 fully saturated rings. The molecule has 1 aromatic carbocycles. The molecule has 3 aromatic rings. The molecule has 3 heterocycles. The van der Waals surface area contributed by atoms with Gasteiger partial charge in [0.1, 0.15) is 0 Å². The fourth-order valence-electron chi connectivity index (χ4n) is 4.09. The Labute approximate surface area is 202 Å². The van der Waals surface area contributed by atoms with Crippen molar-refractivity contribution in [2.75, 3.05) is 25.7 Å². The van der Waals surface area contributed by atoms with Crippen LogP contribution in [0.1, 0.15) is 52.2 Å². The number of carbonyl (C=O) groups excluding carboxylic acids is 2. The molecule has 4 rings (SSSR count). The van der Waals surface area contributed by atoms with Crippen LogP contribution in [0.5, 0.6) is 11.6 Å². The Hall–Kier alpha value is -3.59. The third kappa shape index (κ3) is 4.43. The third-order valence-electron chi connectivity index (χ3n) is 5.71. The highest BCUT2D eigenvalue weighted by atomic mass is 35.5. The van der Waals surface area contributed by atoms with Crippen LogP contribution in [0, 0.1) is 0 Å². The number of halogens is 1. The van der Waals surface area contributed by atoms with Gasteiger partial charge in [0.2, 0.25) is 0 Å². The summed E-state index contributed by atoms with van der Waals surface area (Å²) in [5.74, 6) is 0.171. The van der Waals surface area contributed by atoms with Gasteiger partial charge < -0.3 is 19.7 Å². The average molecular weight is 484 g/mol. The normalized spacial score (nSPS) is 14.9. The van der Waals surface area contributed by atoms with Crippen molar-refractivity contribution in [1.82, 2.24) is 20.1 Å². The lowest BCUT2D eigenvalue weighted by atomic mass is 10.0. The van der Waals surface area contributed by atoms with Crippen LogP contribution in [0.2, 0.25) is 5.02 Å². The van der Waals surface area contributed by atoms with Crippen molar-refractivity contribution < 1.29 is 19.1 Å². The van der Waals surface area contributed by atoms with E-state index in [1.165, 1.54) is 20.4 Å². The Morgan fingerprint density at radius 1 is 1.21 bits per heavy atom. The highest BCUT2D eigenvalue weighted by Gasteiger charge is 2.34. The summed E-state index contributed by atoms with van der Waals surface area (Å²) in [4.78, 5) is 32.3. The van der Waals surface area contributed by atoms with Gasteiger partial charge in [0.15, 0.2) is 5.75 Å². The second kappa shape index (κ2) is 10.1. The number of fused-ring (bicyclic) bond motifs is 1. The summed E-state index contributed by atoms with van der Waals surface area (Å²) in [7, 11) is 2.98. The monoisotopic (exact) mass is 483 g/mol. The van der Waals surface area contributed by atoms with E-state index in [0.717, 1.165) is 12.1 Å². The Balaban J connectivity index is 1.65. The number of methoxy groups -OCH3 is 2. The van der Waals surface area contributed by atoms with Crippen molar-refractivity contribution >= 4 is 29.1 Å². The minimum Gasteiger partial charge on any atom is -0.491 e. The van der Waals surface area contributed by atoms with E-state index in [1.54, 1.807) is 41.4 Å². The smallest absolute Gasteiger partial charge is 0.260 e. The van der Waals surface area contributed by atoms with Gasteiger partial charge in [-0.1, -0.05) is 30.7 Å². The lowest BCUT2D eigenvalue weighted by Gasteiger charge is -2.33. The van der Waals surface area contributed by atoms with Crippen LogP contribution in [0.15, 0.2) is 42.7 Å². The number of carbonyl (C=O) groups is 2. The first-order valence-corrected chi connectivity index (χ1v) is 11.4. The predicted octanol–water partition coefficient (Wildman–Crippen LogP) is 3.88. The van der Waals surface area contributed by atoms with Crippen molar-refractivity contribution in [3.05, 3.63) is 64.6 Å². The third-order valence-corrected chi connectivity index (χ3v) is 6.03. The van der Waals surface area contributed by atoms with Crippen molar-refractivity contribution in [2.24, 2.45) is 0 Å². The van der Waals surface area contributed by atoms with Crippen LogP contribution < -0.4 is 19.7 Å². The summed E-state index contributed by atoms with van der Waals surface area (Å²) in [5.41, 5.74) is 2.21. The molecule has 0 spiro atoms. The average Bonchev–Trinajstić information content (AvgIpc) is 3.28. The molecule has 178 valence electrons. The zero-order valence-electron chi connectivity index (χ0n) is 19.2. The molecule has 1 unspecified atom stereocenters. The number of nitrogens with zero attached hydrogens (tertiary/aromatic N) is 4. The van der Waals surface area contributed by atoms with E-state index < -0.39 is 0 Å². The van der Waals surface area contributed by atoms with E-state index in [1.807, 2.05) is 11.6 Å². The maximum absolute atomic E-state index is 13.4. The van der Waals surface area contributed by atoms with Gasteiger partial charge in [0.05, 0.1) is 54.0 Å². The lowest BCUT2D eigenvalue weighted by Crippen LogP contribution is -2.41. The fourth-order valence-corrected chi connectivity index (χ4v) is 4.32. The number of benzene rings is 1. The molecule has 1 aliphatic heterocycles. The molecule has 2 amide bonds. The first kappa shape index (κ1) is 23.6. The standard InChI is InChI=1S/C24H26ClN5O4/c1-4-10-30-21-18(28-22(31)16-7-5-6-8-17(16)25)9-11-29(19(21)14-27-30)24(32)15-12-20(33-2)23(34-3)26-13-15/h5-8,12-14,18H,4,9-11H2,1-3H3,(H,28,31). The molecule has 1 aliphatic rings. The highest BCUT2D eigenvalue weighted by molar-refractivity contribution is 6.33. The minimum atomic E-state index is -0.319. The molecule has 1 N–H and O–H groups in total. The largest absolute Gasteiger partial charge is 0.491 e. The van der Waals surface area contributed by atoms with Crippen LogP contribution in [0.4, 0.5) is 5.69 Å². The molecule has 10 heteroatoms. The molecule has 0 bridgehead atoms. The van der Waals surface area contributed by atoms with E-state index in [-0.39, 0.29) is 17.9 Å². The number of aromatic nitrogens is 3. The predicted molar refractivity (Wildman–Crippen MR) is 128 cm³/mol. The van der Waals surface area contributed by atoms with Gasteiger partial charge >= 0.3 is 0 Å². The fraction of sp³-hybridized carbons (Fsp3) is 0.333. The molecule has 2 aromatic heterocycles. The van der Waals surface area contributed by atoms with E-state index in [4.69, 9.17) is 21.1 Å². The first-order chi connectivity index (χ1) is 16.5. The Kier molecular flexibility index (Phi) is 7.02. The summed E-state index contributed by atoms with van der Waals surface area (Å²) in [5, 5.41) is 7.97. The number of nitrogens with one attached hydrogen (secondary N) is 1. The Bertz CT molecular complexity index is 1210. The zero-order chi connectivity index (χ0) is 24.2.